The first-order chi connectivity index (χ1) is 8.33. The van der Waals surface area contributed by atoms with Gasteiger partial charge in [-0.2, -0.15) is 12.6 Å². The van der Waals surface area contributed by atoms with E-state index in [-0.39, 0.29) is 0 Å². The summed E-state index contributed by atoms with van der Waals surface area (Å²) in [6.07, 6.45) is 4.29. The molecule has 1 aromatic carbocycles. The van der Waals surface area contributed by atoms with Crippen LogP contribution in [0.5, 0.6) is 11.5 Å². The van der Waals surface area contributed by atoms with Crippen molar-refractivity contribution in [2.45, 2.75) is 31.4 Å². The zero-order chi connectivity index (χ0) is 11.8. The maximum atomic E-state index is 5.86. The molecule has 17 heavy (non-hydrogen) atoms. The molecule has 0 fully saturated rings. The van der Waals surface area contributed by atoms with Gasteiger partial charge in [-0.05, 0) is 41.6 Å². The van der Waals surface area contributed by atoms with Crippen molar-refractivity contribution in [1.29, 1.82) is 0 Å². The van der Waals surface area contributed by atoms with Crippen LogP contribution in [0.3, 0.4) is 0 Å². The van der Waals surface area contributed by atoms with Crippen molar-refractivity contribution in [2.24, 2.45) is 0 Å². The van der Waals surface area contributed by atoms with E-state index < -0.39 is 0 Å². The molecule has 2 aliphatic heterocycles. The van der Waals surface area contributed by atoms with Gasteiger partial charge >= 0.3 is 0 Å². The van der Waals surface area contributed by atoms with Gasteiger partial charge in [0.25, 0.3) is 0 Å². The molecule has 3 rings (SSSR count). The highest BCUT2D eigenvalue weighted by atomic mass is 79.9. The molecule has 0 aromatic heterocycles. The molecule has 0 bridgehead atoms. The van der Waals surface area contributed by atoms with Gasteiger partial charge in [0.2, 0.25) is 0 Å². The molecule has 0 aliphatic carbocycles. The minimum absolute atomic E-state index is 0.724. The van der Waals surface area contributed by atoms with E-state index in [1.165, 1.54) is 16.7 Å². The number of hydrogen-bond donors (Lipinski definition) is 1. The second-order valence-corrected chi connectivity index (χ2v) is 5.58. The minimum atomic E-state index is 0.724. The quantitative estimate of drug-likeness (QED) is 0.799. The third-order valence-corrected chi connectivity index (χ3v) is 4.60. The Hall–Kier alpha value is -0.350. The van der Waals surface area contributed by atoms with Crippen molar-refractivity contribution in [2.75, 3.05) is 13.2 Å². The van der Waals surface area contributed by atoms with E-state index in [1.807, 2.05) is 0 Å². The van der Waals surface area contributed by atoms with Crippen molar-refractivity contribution < 1.29 is 9.47 Å². The lowest BCUT2D eigenvalue weighted by Crippen LogP contribution is -2.17. The number of thiol groups is 1. The van der Waals surface area contributed by atoms with Crippen LogP contribution in [-0.4, -0.2) is 13.2 Å². The van der Waals surface area contributed by atoms with Crippen LogP contribution in [0, 0.1) is 0 Å². The van der Waals surface area contributed by atoms with Crippen LogP contribution in [0.4, 0.5) is 0 Å². The second-order valence-electron chi connectivity index (χ2n) is 4.47. The Morgan fingerprint density at radius 2 is 1.65 bits per heavy atom. The maximum Gasteiger partial charge on any atom is 0.137 e. The Morgan fingerprint density at radius 3 is 2.35 bits per heavy atom. The molecule has 92 valence electrons. The monoisotopic (exact) mass is 314 g/mol. The molecular weight excluding hydrogens is 300 g/mol. The van der Waals surface area contributed by atoms with E-state index >= 15 is 0 Å². The molecule has 2 nitrogen and oxygen atoms in total. The van der Waals surface area contributed by atoms with Crippen molar-refractivity contribution in [3.8, 4) is 11.5 Å². The Bertz CT molecular complexity index is 422. The van der Waals surface area contributed by atoms with Crippen molar-refractivity contribution in [1.82, 2.24) is 0 Å². The van der Waals surface area contributed by atoms with E-state index in [1.54, 1.807) is 0 Å². The Kier molecular flexibility index (Phi) is 3.26. The van der Waals surface area contributed by atoms with Crippen molar-refractivity contribution in [3.05, 3.63) is 21.2 Å². The molecule has 4 heteroatoms. The summed E-state index contributed by atoms with van der Waals surface area (Å²) < 4.78 is 12.8. The van der Waals surface area contributed by atoms with Crippen LogP contribution in [-0.2, 0) is 18.6 Å². The van der Waals surface area contributed by atoms with Gasteiger partial charge in [0, 0.05) is 22.4 Å². The van der Waals surface area contributed by atoms with Gasteiger partial charge in [0.05, 0.1) is 17.7 Å². The van der Waals surface area contributed by atoms with Gasteiger partial charge < -0.3 is 9.47 Å². The smallest absolute Gasteiger partial charge is 0.137 e. The first-order valence-electron chi connectivity index (χ1n) is 6.05. The standard InChI is InChI=1S/C13H15BrO2S/c14-11-9-4-2-5-15-12(9)10(7-17)8-3-1-6-16-13(8)11/h17H,1-7H2. The van der Waals surface area contributed by atoms with Crippen LogP contribution >= 0.6 is 28.6 Å². The average Bonchev–Trinajstić information content (AvgIpc) is 2.40. The van der Waals surface area contributed by atoms with Crippen molar-refractivity contribution in [3.63, 3.8) is 0 Å². The summed E-state index contributed by atoms with van der Waals surface area (Å²) in [7, 11) is 0. The van der Waals surface area contributed by atoms with Gasteiger partial charge in [0.1, 0.15) is 11.5 Å². The first-order valence-corrected chi connectivity index (χ1v) is 7.48. The molecule has 2 heterocycles. The van der Waals surface area contributed by atoms with Gasteiger partial charge in [0.15, 0.2) is 0 Å². The summed E-state index contributed by atoms with van der Waals surface area (Å²) in [6, 6.07) is 0. The Balaban J connectivity index is 2.25. The number of halogens is 1. The third kappa shape index (κ3) is 1.85. The van der Waals surface area contributed by atoms with Gasteiger partial charge in [-0.3, -0.25) is 0 Å². The SMILES string of the molecule is SCc1c2c(c(Br)c3c1OCCC3)OCCC2. The highest BCUT2D eigenvalue weighted by molar-refractivity contribution is 9.10. The number of hydrogen-bond acceptors (Lipinski definition) is 3. The van der Waals surface area contributed by atoms with Crippen molar-refractivity contribution >= 4 is 28.6 Å². The summed E-state index contributed by atoms with van der Waals surface area (Å²) in [5.74, 6) is 2.81. The van der Waals surface area contributed by atoms with Crippen LogP contribution in [0.2, 0.25) is 0 Å². The summed E-state index contributed by atoms with van der Waals surface area (Å²) >= 11 is 8.15. The molecule has 2 aliphatic rings. The molecule has 0 saturated carbocycles. The lowest BCUT2D eigenvalue weighted by atomic mass is 9.94. The average molecular weight is 315 g/mol. The van der Waals surface area contributed by atoms with Crippen LogP contribution < -0.4 is 9.47 Å². The highest BCUT2D eigenvalue weighted by Gasteiger charge is 2.27. The van der Waals surface area contributed by atoms with Crippen LogP contribution in [0.25, 0.3) is 0 Å². The molecule has 0 atom stereocenters. The predicted octanol–water partition coefficient (Wildman–Crippen LogP) is 3.53. The number of rotatable bonds is 1. The molecule has 1 aromatic rings. The molecule has 0 spiro atoms. The zero-order valence-electron chi connectivity index (χ0n) is 9.59. The summed E-state index contributed by atoms with van der Waals surface area (Å²) in [5.41, 5.74) is 3.79. The molecule has 0 unspecified atom stereocenters. The normalized spacial score (nSPS) is 17.8. The van der Waals surface area contributed by atoms with Crippen LogP contribution in [0.15, 0.2) is 4.47 Å². The topological polar surface area (TPSA) is 18.5 Å². The van der Waals surface area contributed by atoms with E-state index in [0.29, 0.717) is 0 Å². The number of ether oxygens (including phenoxy) is 2. The zero-order valence-corrected chi connectivity index (χ0v) is 12.1. The van der Waals surface area contributed by atoms with E-state index in [0.717, 1.165) is 60.6 Å². The minimum Gasteiger partial charge on any atom is -0.493 e. The lowest BCUT2D eigenvalue weighted by molar-refractivity contribution is 0.268. The maximum absolute atomic E-state index is 5.86. The second kappa shape index (κ2) is 4.73. The fourth-order valence-corrected chi connectivity index (χ4v) is 3.72. The van der Waals surface area contributed by atoms with Gasteiger partial charge in [-0.15, -0.1) is 0 Å². The van der Waals surface area contributed by atoms with Crippen LogP contribution in [0.1, 0.15) is 29.5 Å². The molecule has 0 radical (unpaired) electrons. The predicted molar refractivity (Wildman–Crippen MR) is 74.5 cm³/mol. The van der Waals surface area contributed by atoms with Gasteiger partial charge in [-0.1, -0.05) is 0 Å². The molecule has 0 amide bonds. The first kappa shape index (κ1) is 11.7. The fourth-order valence-electron chi connectivity index (χ4n) is 2.65. The largest absolute Gasteiger partial charge is 0.493 e. The third-order valence-electron chi connectivity index (χ3n) is 3.44. The van der Waals surface area contributed by atoms with E-state index in [9.17, 15) is 0 Å². The lowest BCUT2D eigenvalue weighted by Gasteiger charge is -2.28. The Labute approximate surface area is 115 Å². The van der Waals surface area contributed by atoms with E-state index in [2.05, 4.69) is 28.6 Å². The molecule has 0 saturated heterocycles. The molecule has 0 N–H and O–H groups in total. The van der Waals surface area contributed by atoms with E-state index in [4.69, 9.17) is 9.47 Å². The van der Waals surface area contributed by atoms with Gasteiger partial charge in [-0.25, -0.2) is 0 Å². The highest BCUT2D eigenvalue weighted by Crippen LogP contribution is 2.46. The molecular formula is C13H15BrO2S. The summed E-state index contributed by atoms with van der Waals surface area (Å²) in [6.45, 7) is 1.64. The summed E-state index contributed by atoms with van der Waals surface area (Å²) in [4.78, 5) is 0. The number of benzene rings is 1. The number of fused-ring (bicyclic) bond motifs is 2. The Morgan fingerprint density at radius 1 is 1.00 bits per heavy atom. The fraction of sp³-hybridized carbons (Fsp3) is 0.538. The summed E-state index contributed by atoms with van der Waals surface area (Å²) in [5, 5.41) is 0.